The minimum atomic E-state index is 1.02. The van der Waals surface area contributed by atoms with E-state index in [1.807, 2.05) is 18.9 Å². The van der Waals surface area contributed by atoms with E-state index in [2.05, 4.69) is 10.2 Å². The van der Waals surface area contributed by atoms with Crippen LogP contribution in [0.2, 0.25) is 0 Å². The van der Waals surface area contributed by atoms with Crippen molar-refractivity contribution in [2.45, 2.75) is 13.3 Å². The van der Waals surface area contributed by atoms with Crippen LogP contribution in [0, 0.1) is 0 Å². The van der Waals surface area contributed by atoms with Gasteiger partial charge in [0, 0.05) is 25.7 Å². The summed E-state index contributed by atoms with van der Waals surface area (Å²) in [5, 5.41) is 7.74. The molecule has 0 aromatic rings. The lowest BCUT2D eigenvalue weighted by molar-refractivity contribution is 0.538. The molecule has 3 heteroatoms. The van der Waals surface area contributed by atoms with Crippen molar-refractivity contribution in [3.8, 4) is 0 Å². The summed E-state index contributed by atoms with van der Waals surface area (Å²) in [6, 6.07) is 0. The molecule has 0 saturated heterocycles. The first-order chi connectivity index (χ1) is 4.29. The molecule has 0 spiro atoms. The maximum absolute atomic E-state index is 3.92. The summed E-state index contributed by atoms with van der Waals surface area (Å²) >= 11 is 0. The number of nitrogens with zero attached hydrogens (tertiary/aromatic N) is 3. The normalized spacial score (nSPS) is 19.3. The van der Waals surface area contributed by atoms with Gasteiger partial charge in [0.1, 0.15) is 6.34 Å². The zero-order chi connectivity index (χ0) is 6.69. The van der Waals surface area contributed by atoms with E-state index in [4.69, 9.17) is 0 Å². The van der Waals surface area contributed by atoms with Gasteiger partial charge in [0.25, 0.3) is 0 Å². The molecule has 0 aromatic heterocycles. The van der Waals surface area contributed by atoms with Crippen molar-refractivity contribution in [2.24, 2.45) is 10.2 Å². The van der Waals surface area contributed by atoms with Crippen molar-refractivity contribution >= 4 is 12.1 Å². The highest BCUT2D eigenvalue weighted by molar-refractivity contribution is 5.83. The summed E-state index contributed by atoms with van der Waals surface area (Å²) < 4.78 is 0. The highest BCUT2D eigenvalue weighted by atomic mass is 15.3. The molecule has 0 unspecified atom stereocenters. The first-order valence-electron chi connectivity index (χ1n) is 3.06. The van der Waals surface area contributed by atoms with Crippen LogP contribution in [0.4, 0.5) is 0 Å². The maximum Gasteiger partial charge on any atom is 0.113 e. The topological polar surface area (TPSA) is 28.0 Å². The zero-order valence-electron chi connectivity index (χ0n) is 5.83. The molecule has 0 aliphatic carbocycles. The monoisotopic (exact) mass is 125 g/mol. The van der Waals surface area contributed by atoms with E-state index in [0.29, 0.717) is 0 Å². The highest BCUT2D eigenvalue weighted by Gasteiger charge is 1.97. The molecule has 0 atom stereocenters. The minimum absolute atomic E-state index is 1.02. The quantitative estimate of drug-likeness (QED) is 0.469. The SMILES string of the molecule is CC1=NN=CN(C)CC1. The zero-order valence-corrected chi connectivity index (χ0v) is 5.83. The lowest BCUT2D eigenvalue weighted by Crippen LogP contribution is -2.17. The Morgan fingerprint density at radius 1 is 1.67 bits per heavy atom. The van der Waals surface area contributed by atoms with Crippen LogP contribution in [0.3, 0.4) is 0 Å². The lowest BCUT2D eigenvalue weighted by atomic mass is 10.3. The van der Waals surface area contributed by atoms with Gasteiger partial charge in [-0.25, -0.2) is 0 Å². The van der Waals surface area contributed by atoms with E-state index in [1.54, 1.807) is 6.34 Å². The molecule has 50 valence electrons. The predicted molar refractivity (Wildman–Crippen MR) is 38.8 cm³/mol. The number of hydrogen-bond acceptors (Lipinski definition) is 3. The van der Waals surface area contributed by atoms with Crippen molar-refractivity contribution in [3.63, 3.8) is 0 Å². The molecule has 0 amide bonds. The Hall–Kier alpha value is -0.860. The fraction of sp³-hybridized carbons (Fsp3) is 0.667. The average molecular weight is 125 g/mol. The Morgan fingerprint density at radius 2 is 2.44 bits per heavy atom. The van der Waals surface area contributed by atoms with Gasteiger partial charge in [0.05, 0.1) is 0 Å². The van der Waals surface area contributed by atoms with Crippen LogP contribution in [-0.4, -0.2) is 30.5 Å². The van der Waals surface area contributed by atoms with Crippen LogP contribution < -0.4 is 0 Å². The minimum Gasteiger partial charge on any atom is -0.364 e. The molecule has 9 heavy (non-hydrogen) atoms. The molecule has 1 aliphatic rings. The molecular formula is C6H11N3. The van der Waals surface area contributed by atoms with E-state index in [0.717, 1.165) is 18.7 Å². The van der Waals surface area contributed by atoms with Crippen molar-refractivity contribution in [3.05, 3.63) is 0 Å². The summed E-state index contributed by atoms with van der Waals surface area (Å²) in [7, 11) is 2.00. The second-order valence-electron chi connectivity index (χ2n) is 2.30. The van der Waals surface area contributed by atoms with E-state index in [1.165, 1.54) is 0 Å². The first kappa shape index (κ1) is 6.26. The fourth-order valence-corrected chi connectivity index (χ4v) is 0.658. The van der Waals surface area contributed by atoms with Gasteiger partial charge in [0.2, 0.25) is 0 Å². The van der Waals surface area contributed by atoms with Gasteiger partial charge >= 0.3 is 0 Å². The van der Waals surface area contributed by atoms with Gasteiger partial charge in [-0.2, -0.15) is 5.10 Å². The molecule has 0 saturated carbocycles. The molecule has 0 fully saturated rings. The van der Waals surface area contributed by atoms with Crippen LogP contribution in [-0.2, 0) is 0 Å². The molecule has 1 aliphatic heterocycles. The molecule has 0 aromatic carbocycles. The van der Waals surface area contributed by atoms with Crippen molar-refractivity contribution < 1.29 is 0 Å². The predicted octanol–water partition coefficient (Wildman–Crippen LogP) is 0.726. The van der Waals surface area contributed by atoms with Crippen LogP contribution in [0.5, 0.6) is 0 Å². The Bertz CT molecular complexity index is 148. The summed E-state index contributed by atoms with van der Waals surface area (Å²) in [6.45, 7) is 3.02. The van der Waals surface area contributed by atoms with Crippen LogP contribution in [0.25, 0.3) is 0 Å². The lowest BCUT2D eigenvalue weighted by Gasteiger charge is -2.07. The Kier molecular flexibility index (Phi) is 1.82. The van der Waals surface area contributed by atoms with Gasteiger partial charge in [-0.3, -0.25) is 0 Å². The summed E-state index contributed by atoms with van der Waals surface area (Å²) in [4.78, 5) is 2.03. The van der Waals surface area contributed by atoms with E-state index in [-0.39, 0.29) is 0 Å². The third-order valence-corrected chi connectivity index (χ3v) is 1.30. The van der Waals surface area contributed by atoms with Gasteiger partial charge in [0.15, 0.2) is 0 Å². The van der Waals surface area contributed by atoms with Crippen molar-refractivity contribution in [2.75, 3.05) is 13.6 Å². The average Bonchev–Trinajstić information content (AvgIpc) is 1.97. The number of hydrogen-bond donors (Lipinski definition) is 0. The molecule has 0 bridgehead atoms. The van der Waals surface area contributed by atoms with Gasteiger partial charge in [-0.15, -0.1) is 5.10 Å². The number of rotatable bonds is 0. The molecule has 0 radical (unpaired) electrons. The second-order valence-corrected chi connectivity index (χ2v) is 2.30. The van der Waals surface area contributed by atoms with Crippen molar-refractivity contribution in [1.29, 1.82) is 0 Å². The van der Waals surface area contributed by atoms with Crippen LogP contribution in [0.1, 0.15) is 13.3 Å². The third-order valence-electron chi connectivity index (χ3n) is 1.30. The third kappa shape index (κ3) is 1.83. The molecule has 1 heterocycles. The molecule has 1 rings (SSSR count). The van der Waals surface area contributed by atoms with Crippen LogP contribution >= 0.6 is 0 Å². The first-order valence-corrected chi connectivity index (χ1v) is 3.06. The van der Waals surface area contributed by atoms with E-state index in [9.17, 15) is 0 Å². The molecular weight excluding hydrogens is 114 g/mol. The summed E-state index contributed by atoms with van der Waals surface area (Å²) in [6.07, 6.45) is 2.77. The molecule has 0 N–H and O–H groups in total. The summed E-state index contributed by atoms with van der Waals surface area (Å²) in [5.41, 5.74) is 1.11. The Morgan fingerprint density at radius 3 is 3.22 bits per heavy atom. The largest absolute Gasteiger partial charge is 0.364 e. The maximum atomic E-state index is 3.92. The standard InChI is InChI=1S/C6H11N3/c1-6-3-4-9(2)5-7-8-6/h5H,3-4H2,1-2H3. The van der Waals surface area contributed by atoms with E-state index < -0.39 is 0 Å². The Balaban J connectivity index is 2.55. The van der Waals surface area contributed by atoms with E-state index >= 15 is 0 Å². The highest BCUT2D eigenvalue weighted by Crippen LogP contribution is 1.93. The molecule has 3 nitrogen and oxygen atoms in total. The summed E-state index contributed by atoms with van der Waals surface area (Å²) in [5.74, 6) is 0. The Labute approximate surface area is 55.1 Å². The van der Waals surface area contributed by atoms with Crippen molar-refractivity contribution in [1.82, 2.24) is 4.90 Å². The second kappa shape index (κ2) is 2.62. The smallest absolute Gasteiger partial charge is 0.113 e. The van der Waals surface area contributed by atoms with Gasteiger partial charge in [-0.1, -0.05) is 0 Å². The van der Waals surface area contributed by atoms with Gasteiger partial charge in [-0.05, 0) is 6.92 Å². The fourth-order valence-electron chi connectivity index (χ4n) is 0.658. The van der Waals surface area contributed by atoms with Gasteiger partial charge < -0.3 is 4.90 Å². The van der Waals surface area contributed by atoms with Crippen LogP contribution in [0.15, 0.2) is 10.2 Å².